The van der Waals surface area contributed by atoms with Gasteiger partial charge in [-0.15, -0.1) is 11.3 Å². The first-order valence-corrected chi connectivity index (χ1v) is 18.2. The summed E-state index contributed by atoms with van der Waals surface area (Å²) in [4.78, 5) is 0. The fraction of sp³-hybridized carbons (Fsp3) is 0.0667. The van der Waals surface area contributed by atoms with Gasteiger partial charge < -0.3 is 8.83 Å². The highest BCUT2D eigenvalue weighted by Gasteiger charge is 2.30. The lowest BCUT2D eigenvalue weighted by molar-refractivity contribution is 0.203. The Morgan fingerprint density at radius 2 is 0.961 bits per heavy atom. The summed E-state index contributed by atoms with van der Waals surface area (Å²) in [5.41, 5.74) is 9.47. The van der Waals surface area contributed by atoms with Gasteiger partial charge in [0.2, 0.25) is 0 Å². The molecule has 51 heavy (non-hydrogen) atoms. The summed E-state index contributed by atoms with van der Waals surface area (Å²) in [6.07, 6.45) is -0.290. The Morgan fingerprint density at radius 1 is 0.392 bits per heavy atom. The maximum absolute atomic E-state index is 6.47. The van der Waals surface area contributed by atoms with Crippen molar-refractivity contribution in [3.05, 3.63) is 168 Å². The van der Waals surface area contributed by atoms with Crippen LogP contribution >= 0.6 is 11.3 Å². The number of rotatable bonds is 4. The van der Waals surface area contributed by atoms with E-state index >= 15 is 0 Å². The number of thiophene rings is 1. The van der Waals surface area contributed by atoms with Gasteiger partial charge in [-0.1, -0.05) is 127 Å². The van der Waals surface area contributed by atoms with Crippen molar-refractivity contribution in [2.24, 2.45) is 0 Å². The fourth-order valence-electron chi connectivity index (χ4n) is 7.96. The first-order valence-electron chi connectivity index (χ1n) is 17.4. The molecule has 11 rings (SSSR count). The summed E-state index contributed by atoms with van der Waals surface area (Å²) in [7, 11) is 0. The average Bonchev–Trinajstić information content (AvgIpc) is 3.88. The number of furan rings is 2. The summed E-state index contributed by atoms with van der Waals surface area (Å²) in [6, 6.07) is 53.7. The summed E-state index contributed by atoms with van der Waals surface area (Å²) < 4.78 is 15.3. The van der Waals surface area contributed by atoms with Gasteiger partial charge in [0.15, 0.2) is 0 Å². The smallest absolute Gasteiger partial charge is 0.143 e. The second kappa shape index (κ2) is 11.4. The second-order valence-electron chi connectivity index (χ2n) is 13.4. The Bertz CT molecular complexity index is 2940. The molecule has 1 fully saturated rings. The monoisotopic (exact) mass is 677 g/mol. The van der Waals surface area contributed by atoms with Crippen LogP contribution in [0, 0.1) is 0 Å². The molecule has 0 spiro atoms. The Balaban J connectivity index is 1.00. The van der Waals surface area contributed by atoms with E-state index < -0.39 is 0 Å². The molecule has 6 heteroatoms. The molecule has 0 aliphatic carbocycles. The van der Waals surface area contributed by atoms with Gasteiger partial charge in [-0.05, 0) is 41.0 Å². The molecule has 0 amide bonds. The molecular formula is C45H31N3O2S. The van der Waals surface area contributed by atoms with E-state index in [-0.39, 0.29) is 18.5 Å². The number of fused-ring (bicyclic) bond motifs is 9. The highest BCUT2D eigenvalue weighted by Crippen LogP contribution is 2.44. The predicted octanol–water partition coefficient (Wildman–Crippen LogP) is 11.7. The van der Waals surface area contributed by atoms with Crippen LogP contribution in [0.1, 0.15) is 35.2 Å². The van der Waals surface area contributed by atoms with E-state index in [1.165, 1.54) is 36.9 Å². The van der Waals surface area contributed by atoms with E-state index in [9.17, 15) is 0 Å². The maximum atomic E-state index is 6.47. The lowest BCUT2D eigenvalue weighted by Gasteiger charge is -2.39. The third-order valence-electron chi connectivity index (χ3n) is 10.4. The quantitative estimate of drug-likeness (QED) is 0.173. The van der Waals surface area contributed by atoms with Crippen LogP contribution in [0.3, 0.4) is 0 Å². The summed E-state index contributed by atoms with van der Waals surface area (Å²) in [5, 5.41) is 18.6. The maximum Gasteiger partial charge on any atom is 0.143 e. The van der Waals surface area contributed by atoms with E-state index in [1.807, 2.05) is 35.6 Å². The third kappa shape index (κ3) is 4.65. The minimum Gasteiger partial charge on any atom is -0.456 e. The van der Waals surface area contributed by atoms with Gasteiger partial charge >= 0.3 is 0 Å². The fourth-order valence-corrected chi connectivity index (χ4v) is 9.23. The van der Waals surface area contributed by atoms with Crippen molar-refractivity contribution >= 4 is 75.4 Å². The van der Waals surface area contributed by atoms with E-state index in [1.54, 1.807) is 0 Å². The van der Waals surface area contributed by atoms with Gasteiger partial charge in [0.05, 0.1) is 18.5 Å². The minimum atomic E-state index is -0.118. The van der Waals surface area contributed by atoms with Crippen LogP contribution in [0.4, 0.5) is 0 Å². The normalized spacial score (nSPS) is 18.2. The molecule has 10 aromatic rings. The standard InChI is InChI=1S/C45H31N3O2S/c1-2-10-26(11-3-1)43-46-44(27-20-22-31-29-12-4-6-18-37(29)49-39(31)24-27)48-45(47-43)28-21-23-32-35-16-9-17-36(42(35)51-40(32)25-28)34-15-8-14-33-30-13-5-7-19-38(30)50-41(33)34/h1-25,43-48H. The third-order valence-corrected chi connectivity index (χ3v) is 11.6. The molecule has 3 atom stereocenters. The van der Waals surface area contributed by atoms with Crippen molar-refractivity contribution in [1.82, 2.24) is 16.0 Å². The van der Waals surface area contributed by atoms with E-state index in [4.69, 9.17) is 8.83 Å². The van der Waals surface area contributed by atoms with Crippen molar-refractivity contribution < 1.29 is 8.83 Å². The van der Waals surface area contributed by atoms with Crippen LogP contribution in [-0.2, 0) is 0 Å². The van der Waals surface area contributed by atoms with Gasteiger partial charge in [0.25, 0.3) is 0 Å². The lowest BCUT2D eigenvalue weighted by atomic mass is 9.99. The Hall–Kier alpha value is -5.76. The van der Waals surface area contributed by atoms with Crippen LogP contribution in [0.15, 0.2) is 160 Å². The summed E-state index contributed by atoms with van der Waals surface area (Å²) in [6.45, 7) is 0. The molecule has 0 radical (unpaired) electrons. The molecule has 1 aliphatic heterocycles. The SMILES string of the molecule is c1ccc(C2NC(c3ccc4c(c3)oc3ccccc34)NC(c3ccc4c(c3)sc3c(-c5cccc6c5oc5ccccc56)cccc34)N2)cc1. The van der Waals surface area contributed by atoms with E-state index in [0.29, 0.717) is 0 Å². The van der Waals surface area contributed by atoms with Crippen molar-refractivity contribution in [2.75, 3.05) is 0 Å². The van der Waals surface area contributed by atoms with Crippen LogP contribution in [-0.4, -0.2) is 0 Å². The van der Waals surface area contributed by atoms with Gasteiger partial charge in [-0.25, -0.2) is 0 Å². The number of benzene rings is 7. The zero-order valence-electron chi connectivity index (χ0n) is 27.4. The Morgan fingerprint density at radius 3 is 1.75 bits per heavy atom. The molecule has 4 heterocycles. The van der Waals surface area contributed by atoms with Gasteiger partial charge in [-0.3, -0.25) is 16.0 Å². The minimum absolute atomic E-state index is 0.0668. The first kappa shape index (κ1) is 29.0. The molecule has 0 bridgehead atoms. The zero-order chi connectivity index (χ0) is 33.5. The number of hydrogen-bond acceptors (Lipinski definition) is 6. The number of nitrogens with one attached hydrogen (secondary N) is 3. The zero-order valence-corrected chi connectivity index (χ0v) is 28.2. The molecule has 1 aliphatic rings. The van der Waals surface area contributed by atoms with Crippen molar-refractivity contribution in [2.45, 2.75) is 18.5 Å². The molecule has 0 saturated carbocycles. The molecule has 244 valence electrons. The largest absolute Gasteiger partial charge is 0.456 e. The average molecular weight is 678 g/mol. The van der Waals surface area contributed by atoms with Crippen molar-refractivity contribution in [1.29, 1.82) is 0 Å². The highest BCUT2D eigenvalue weighted by molar-refractivity contribution is 7.26. The molecule has 1 saturated heterocycles. The molecule has 3 unspecified atom stereocenters. The highest BCUT2D eigenvalue weighted by atomic mass is 32.1. The predicted molar refractivity (Wildman–Crippen MR) is 210 cm³/mol. The molecule has 7 aromatic carbocycles. The van der Waals surface area contributed by atoms with Crippen molar-refractivity contribution in [3.63, 3.8) is 0 Å². The van der Waals surface area contributed by atoms with Crippen LogP contribution in [0.5, 0.6) is 0 Å². The van der Waals surface area contributed by atoms with Crippen LogP contribution in [0.25, 0.3) is 75.2 Å². The Kier molecular flexibility index (Phi) is 6.48. The summed E-state index contributed by atoms with van der Waals surface area (Å²) >= 11 is 1.85. The number of para-hydroxylation sites is 3. The van der Waals surface area contributed by atoms with Crippen molar-refractivity contribution in [3.8, 4) is 11.1 Å². The molecular weight excluding hydrogens is 647 g/mol. The van der Waals surface area contributed by atoms with Crippen LogP contribution < -0.4 is 16.0 Å². The Labute approximate surface area is 297 Å². The first-order chi connectivity index (χ1) is 25.2. The van der Waals surface area contributed by atoms with Gasteiger partial charge in [0.1, 0.15) is 22.3 Å². The van der Waals surface area contributed by atoms with E-state index in [0.717, 1.165) is 55.0 Å². The van der Waals surface area contributed by atoms with Gasteiger partial charge in [-0.2, -0.15) is 0 Å². The molecule has 3 N–H and O–H groups in total. The summed E-state index contributed by atoms with van der Waals surface area (Å²) in [5.74, 6) is 0. The second-order valence-corrected chi connectivity index (χ2v) is 14.4. The van der Waals surface area contributed by atoms with Crippen LogP contribution in [0.2, 0.25) is 0 Å². The lowest BCUT2D eigenvalue weighted by Crippen LogP contribution is -2.54. The van der Waals surface area contributed by atoms with E-state index in [2.05, 4.69) is 143 Å². The number of hydrogen-bond donors (Lipinski definition) is 3. The molecule has 5 nitrogen and oxygen atoms in total. The molecule has 3 aromatic heterocycles. The topological polar surface area (TPSA) is 62.4 Å². The van der Waals surface area contributed by atoms with Gasteiger partial charge in [0, 0.05) is 52.8 Å².